The van der Waals surface area contributed by atoms with Crippen LogP contribution in [0, 0.1) is 0 Å². The molecule has 2 aromatic rings. The topological polar surface area (TPSA) is 44.5 Å². The molecule has 0 bridgehead atoms. The zero-order valence-electron chi connectivity index (χ0n) is 15.7. The molecular weight excluding hydrogens is 324 g/mol. The van der Waals surface area contributed by atoms with Gasteiger partial charge in [0.05, 0.1) is 11.3 Å². The van der Waals surface area contributed by atoms with Crippen molar-refractivity contribution >= 4 is 0 Å². The molecule has 5 heteroatoms. The highest BCUT2D eigenvalue weighted by molar-refractivity contribution is 5.35. The number of aromatic nitrogens is 2. The van der Waals surface area contributed by atoms with Gasteiger partial charge < -0.3 is 5.11 Å². The Labute approximate surface area is 156 Å². The van der Waals surface area contributed by atoms with Crippen LogP contribution in [0.25, 0.3) is 5.69 Å². The van der Waals surface area contributed by atoms with Gasteiger partial charge in [-0.1, -0.05) is 18.6 Å². The highest BCUT2D eigenvalue weighted by atomic mass is 16.3. The fourth-order valence-electron chi connectivity index (χ4n) is 4.86. The van der Waals surface area contributed by atoms with E-state index < -0.39 is 5.60 Å². The second-order valence-electron chi connectivity index (χ2n) is 8.05. The first-order valence-electron chi connectivity index (χ1n) is 9.88. The van der Waals surface area contributed by atoms with Crippen LogP contribution in [0.4, 0.5) is 0 Å². The van der Waals surface area contributed by atoms with Crippen molar-refractivity contribution in [2.75, 3.05) is 26.7 Å². The van der Waals surface area contributed by atoms with Crippen LogP contribution in [-0.4, -0.2) is 63.0 Å². The zero-order valence-corrected chi connectivity index (χ0v) is 15.7. The Bertz CT molecular complexity index is 715. The van der Waals surface area contributed by atoms with Crippen molar-refractivity contribution < 1.29 is 5.11 Å². The Balaban J connectivity index is 1.43. The van der Waals surface area contributed by atoms with Crippen LogP contribution in [-0.2, 0) is 6.54 Å². The number of piperidine rings is 2. The summed E-state index contributed by atoms with van der Waals surface area (Å²) in [6.45, 7) is 3.88. The van der Waals surface area contributed by atoms with Crippen molar-refractivity contribution in [3.8, 4) is 5.69 Å². The largest absolute Gasteiger partial charge is 0.387 e. The first-order valence-corrected chi connectivity index (χ1v) is 9.88. The standard InChI is InChI=1S/C21H30N4O/c1-23(16-18-7-4-8-19(15-18)25-14-6-11-22-25)17-21(26)10-5-13-24-12-3-2-9-20(21)24/h4,6-8,11,14-15,20,26H,2-3,5,9-10,12-13,16-17H2,1H3/t20-,21-/m1/s1. The van der Waals surface area contributed by atoms with E-state index in [2.05, 4.69) is 46.2 Å². The Morgan fingerprint density at radius 2 is 2.12 bits per heavy atom. The van der Waals surface area contributed by atoms with Crippen LogP contribution < -0.4 is 0 Å². The minimum absolute atomic E-state index is 0.336. The monoisotopic (exact) mass is 354 g/mol. The average molecular weight is 354 g/mol. The molecule has 4 rings (SSSR count). The number of benzene rings is 1. The second kappa shape index (κ2) is 7.51. The van der Waals surface area contributed by atoms with Gasteiger partial charge in [-0.05, 0) is 69.6 Å². The highest BCUT2D eigenvalue weighted by Gasteiger charge is 2.44. The number of nitrogens with zero attached hydrogens (tertiary/aromatic N) is 4. The number of likely N-dealkylation sites (N-methyl/N-ethyl adjacent to an activating group) is 1. The summed E-state index contributed by atoms with van der Waals surface area (Å²) in [5, 5.41) is 15.7. The van der Waals surface area contributed by atoms with E-state index in [1.807, 2.05) is 16.9 Å². The third kappa shape index (κ3) is 3.70. The van der Waals surface area contributed by atoms with Crippen molar-refractivity contribution in [1.82, 2.24) is 19.6 Å². The normalized spacial score (nSPS) is 26.8. The Kier molecular flexibility index (Phi) is 5.11. The molecule has 1 aromatic heterocycles. The van der Waals surface area contributed by atoms with Gasteiger partial charge in [0.15, 0.2) is 0 Å². The lowest BCUT2D eigenvalue weighted by Crippen LogP contribution is -2.62. The molecule has 1 N–H and O–H groups in total. The van der Waals surface area contributed by atoms with E-state index in [1.54, 1.807) is 6.20 Å². The first kappa shape index (κ1) is 17.7. The molecule has 3 heterocycles. The van der Waals surface area contributed by atoms with Gasteiger partial charge in [-0.15, -0.1) is 0 Å². The number of aliphatic hydroxyl groups is 1. The summed E-state index contributed by atoms with van der Waals surface area (Å²) in [4.78, 5) is 4.81. The van der Waals surface area contributed by atoms with Crippen LogP contribution in [0.2, 0.25) is 0 Å². The predicted octanol–water partition coefficient (Wildman–Crippen LogP) is 2.68. The van der Waals surface area contributed by atoms with Gasteiger partial charge in [-0.3, -0.25) is 9.80 Å². The van der Waals surface area contributed by atoms with Gasteiger partial charge in [0.1, 0.15) is 0 Å². The van der Waals surface area contributed by atoms with Gasteiger partial charge in [0, 0.05) is 31.5 Å². The summed E-state index contributed by atoms with van der Waals surface area (Å²) in [7, 11) is 2.13. The first-order chi connectivity index (χ1) is 12.6. The quantitative estimate of drug-likeness (QED) is 0.897. The molecule has 2 aliphatic heterocycles. The second-order valence-corrected chi connectivity index (χ2v) is 8.05. The minimum Gasteiger partial charge on any atom is -0.387 e. The van der Waals surface area contributed by atoms with Crippen LogP contribution in [0.3, 0.4) is 0 Å². The molecule has 2 atom stereocenters. The lowest BCUT2D eigenvalue weighted by atomic mass is 9.79. The molecule has 0 radical (unpaired) electrons. The molecule has 2 aliphatic rings. The van der Waals surface area contributed by atoms with Crippen molar-refractivity contribution in [1.29, 1.82) is 0 Å². The molecule has 0 amide bonds. The van der Waals surface area contributed by atoms with Crippen LogP contribution >= 0.6 is 0 Å². The molecule has 5 nitrogen and oxygen atoms in total. The third-order valence-corrected chi connectivity index (χ3v) is 5.96. The number of hydrogen-bond donors (Lipinski definition) is 1. The molecule has 0 saturated carbocycles. The van der Waals surface area contributed by atoms with E-state index in [9.17, 15) is 5.11 Å². The van der Waals surface area contributed by atoms with Crippen molar-refractivity contribution in [2.24, 2.45) is 0 Å². The highest BCUT2D eigenvalue weighted by Crippen LogP contribution is 2.34. The van der Waals surface area contributed by atoms with Crippen molar-refractivity contribution in [3.05, 3.63) is 48.3 Å². The van der Waals surface area contributed by atoms with E-state index in [-0.39, 0.29) is 0 Å². The summed E-state index contributed by atoms with van der Waals surface area (Å²) in [6.07, 6.45) is 9.46. The van der Waals surface area contributed by atoms with Crippen LogP contribution in [0.15, 0.2) is 42.7 Å². The fraction of sp³-hybridized carbons (Fsp3) is 0.571. The number of hydrogen-bond acceptors (Lipinski definition) is 4. The molecule has 140 valence electrons. The summed E-state index contributed by atoms with van der Waals surface area (Å²) < 4.78 is 1.89. The SMILES string of the molecule is CN(Cc1cccc(-n2cccn2)c1)C[C@]1(O)CCCN2CCCC[C@@H]21. The van der Waals surface area contributed by atoms with Crippen LogP contribution in [0.5, 0.6) is 0 Å². The van der Waals surface area contributed by atoms with Gasteiger partial charge in [0.25, 0.3) is 0 Å². The third-order valence-electron chi connectivity index (χ3n) is 5.96. The van der Waals surface area contributed by atoms with Crippen molar-refractivity contribution in [2.45, 2.75) is 50.3 Å². The molecule has 0 unspecified atom stereocenters. The molecular formula is C21H30N4O. The van der Waals surface area contributed by atoms with E-state index in [0.29, 0.717) is 6.04 Å². The van der Waals surface area contributed by atoms with E-state index >= 15 is 0 Å². The van der Waals surface area contributed by atoms with E-state index in [4.69, 9.17) is 0 Å². The average Bonchev–Trinajstić information content (AvgIpc) is 3.17. The maximum atomic E-state index is 11.4. The molecule has 0 spiro atoms. The fourth-order valence-corrected chi connectivity index (χ4v) is 4.86. The van der Waals surface area contributed by atoms with Gasteiger partial charge in [-0.2, -0.15) is 5.10 Å². The van der Waals surface area contributed by atoms with Crippen molar-refractivity contribution in [3.63, 3.8) is 0 Å². The van der Waals surface area contributed by atoms with Gasteiger partial charge in [-0.25, -0.2) is 4.68 Å². The Morgan fingerprint density at radius 1 is 1.23 bits per heavy atom. The molecule has 1 aromatic carbocycles. The summed E-state index contributed by atoms with van der Waals surface area (Å²) >= 11 is 0. The van der Waals surface area contributed by atoms with Gasteiger partial charge in [0.2, 0.25) is 0 Å². The van der Waals surface area contributed by atoms with Gasteiger partial charge >= 0.3 is 0 Å². The van der Waals surface area contributed by atoms with E-state index in [0.717, 1.165) is 51.1 Å². The Morgan fingerprint density at radius 3 is 2.96 bits per heavy atom. The maximum absolute atomic E-state index is 11.4. The molecule has 2 fully saturated rings. The minimum atomic E-state index is -0.576. The van der Waals surface area contributed by atoms with Crippen LogP contribution in [0.1, 0.15) is 37.7 Å². The molecule has 26 heavy (non-hydrogen) atoms. The van der Waals surface area contributed by atoms with E-state index in [1.165, 1.54) is 18.4 Å². The summed E-state index contributed by atoms with van der Waals surface area (Å²) in [5.74, 6) is 0. The lowest BCUT2D eigenvalue weighted by Gasteiger charge is -2.50. The number of fused-ring (bicyclic) bond motifs is 1. The predicted molar refractivity (Wildman–Crippen MR) is 103 cm³/mol. The lowest BCUT2D eigenvalue weighted by molar-refractivity contribution is -0.107. The zero-order chi connectivity index (χ0) is 18.0. The molecule has 0 aliphatic carbocycles. The summed E-state index contributed by atoms with van der Waals surface area (Å²) in [5.41, 5.74) is 1.75. The smallest absolute Gasteiger partial charge is 0.0928 e. The number of rotatable bonds is 5. The summed E-state index contributed by atoms with van der Waals surface area (Å²) in [6, 6.07) is 10.8. The Hall–Kier alpha value is -1.69. The maximum Gasteiger partial charge on any atom is 0.0928 e. The molecule has 2 saturated heterocycles.